The summed E-state index contributed by atoms with van der Waals surface area (Å²) in [6.45, 7) is 4.06. The van der Waals surface area contributed by atoms with E-state index in [0.717, 1.165) is 6.42 Å². The molecule has 0 spiro atoms. The third-order valence-corrected chi connectivity index (χ3v) is 1.17. The Kier molecular flexibility index (Phi) is 37.3. The molecule has 0 unspecified atom stereocenters. The number of hydrogen-bond donors (Lipinski definition) is 0. The number of rotatable bonds is 2. The first-order valence-corrected chi connectivity index (χ1v) is 4.26. The van der Waals surface area contributed by atoms with E-state index in [0.29, 0.717) is 0 Å². The van der Waals surface area contributed by atoms with E-state index >= 15 is 0 Å². The normalized spacial score (nSPS) is 8.13. The Balaban J connectivity index is -0.0000000687. The van der Waals surface area contributed by atoms with Gasteiger partial charge in [0.15, 0.2) is 0 Å². The summed E-state index contributed by atoms with van der Waals surface area (Å²) in [4.78, 5) is 0. The molecule has 0 fully saturated rings. The topological polar surface area (TPSA) is 0 Å². The summed E-state index contributed by atoms with van der Waals surface area (Å²) >= 11 is 0. The standard InChI is InChI=1S/C7H11.C5H5.2CH3.Ru/c1-3-5-7-6-4-2;1-2-4-5-3-1;;;/h3,5,7H,4H2,1-2H3;1-5H;2*1H3;/q4*-1;+4. The zero-order chi connectivity index (χ0) is 9.07. The maximum atomic E-state index is 3.04. The average Bonchev–Trinajstić information content (AvgIpc) is 2.62. The Bertz CT molecular complexity index is 178. The van der Waals surface area contributed by atoms with Crippen LogP contribution in [-0.4, -0.2) is 0 Å². The van der Waals surface area contributed by atoms with E-state index in [1.807, 2.05) is 55.5 Å². The molecule has 0 aromatic heterocycles. The molecule has 1 heteroatoms. The summed E-state index contributed by atoms with van der Waals surface area (Å²) in [7, 11) is 0. The smallest absolute Gasteiger partial charge is 0.358 e. The van der Waals surface area contributed by atoms with Crippen molar-refractivity contribution in [3.8, 4) is 0 Å². The van der Waals surface area contributed by atoms with E-state index in [-0.39, 0.29) is 34.3 Å². The maximum absolute atomic E-state index is 3.04. The minimum atomic E-state index is 0. The van der Waals surface area contributed by atoms with E-state index < -0.39 is 0 Å². The third-order valence-electron chi connectivity index (χ3n) is 1.17. The van der Waals surface area contributed by atoms with Crippen molar-refractivity contribution in [3.05, 3.63) is 69.5 Å². The molecule has 0 atom stereocenters. The Hall–Kier alpha value is -0.547. The summed E-state index contributed by atoms with van der Waals surface area (Å²) in [6, 6.07) is 10.0. The van der Waals surface area contributed by atoms with Gasteiger partial charge in [0.05, 0.1) is 0 Å². The fourth-order valence-corrected chi connectivity index (χ4v) is 0.603. The zero-order valence-corrected chi connectivity index (χ0v) is 11.9. The van der Waals surface area contributed by atoms with Crippen molar-refractivity contribution in [2.24, 2.45) is 0 Å². The van der Waals surface area contributed by atoms with E-state index in [1.165, 1.54) is 0 Å². The zero-order valence-electron chi connectivity index (χ0n) is 10.2. The Morgan fingerprint density at radius 3 is 2.00 bits per heavy atom. The molecular weight excluding hydrogens is 269 g/mol. The van der Waals surface area contributed by atoms with Gasteiger partial charge in [0.1, 0.15) is 0 Å². The van der Waals surface area contributed by atoms with Crippen molar-refractivity contribution < 1.29 is 19.5 Å². The Labute approximate surface area is 109 Å². The van der Waals surface area contributed by atoms with E-state index in [1.54, 1.807) is 0 Å². The van der Waals surface area contributed by atoms with Crippen LogP contribution in [-0.2, 0) is 19.5 Å². The van der Waals surface area contributed by atoms with Crippen LogP contribution in [0.2, 0.25) is 0 Å². The number of allylic oxidation sites excluding steroid dienone is 4. The molecule has 1 aromatic rings. The van der Waals surface area contributed by atoms with Gasteiger partial charge in [0, 0.05) is 0 Å². The summed E-state index contributed by atoms with van der Waals surface area (Å²) in [5.41, 5.74) is 0. The molecule has 1 aromatic carbocycles. The molecule has 0 amide bonds. The van der Waals surface area contributed by atoms with Crippen LogP contribution in [0.25, 0.3) is 0 Å². The van der Waals surface area contributed by atoms with E-state index in [9.17, 15) is 0 Å². The van der Waals surface area contributed by atoms with Gasteiger partial charge in [-0.25, -0.2) is 24.3 Å². The average molecular weight is 291 g/mol. The SMILES string of the molecule is CC=CC=[C-]CC.[CH3-].[CH3-].[Ru+4].c1cc[cH-]c1. The molecule has 0 radical (unpaired) electrons. The molecule has 0 aliphatic heterocycles. The van der Waals surface area contributed by atoms with Crippen LogP contribution < -0.4 is 0 Å². The van der Waals surface area contributed by atoms with Gasteiger partial charge in [-0.15, -0.1) is 6.42 Å². The third kappa shape index (κ3) is 24.7. The molecule has 0 aliphatic carbocycles. The molecule has 0 bridgehead atoms. The van der Waals surface area contributed by atoms with Gasteiger partial charge in [-0.05, 0) is 0 Å². The Morgan fingerprint density at radius 2 is 1.73 bits per heavy atom. The van der Waals surface area contributed by atoms with Gasteiger partial charge in [-0.1, -0.05) is 13.8 Å². The largest absolute Gasteiger partial charge is 4.00 e. The van der Waals surface area contributed by atoms with Crippen molar-refractivity contribution >= 4 is 0 Å². The van der Waals surface area contributed by atoms with Crippen LogP contribution in [0.3, 0.4) is 0 Å². The molecule has 15 heavy (non-hydrogen) atoms. The summed E-state index contributed by atoms with van der Waals surface area (Å²) in [6.07, 6.45) is 9.94. The van der Waals surface area contributed by atoms with Crippen LogP contribution in [0.15, 0.2) is 48.6 Å². The molecule has 0 aliphatic rings. The van der Waals surface area contributed by atoms with Gasteiger partial charge in [-0.3, -0.25) is 6.08 Å². The Morgan fingerprint density at radius 1 is 1.20 bits per heavy atom. The number of hydrogen-bond acceptors (Lipinski definition) is 0. The van der Waals surface area contributed by atoms with Gasteiger partial charge >= 0.3 is 19.5 Å². The van der Waals surface area contributed by atoms with Crippen molar-refractivity contribution in [1.29, 1.82) is 0 Å². The minimum absolute atomic E-state index is 0. The van der Waals surface area contributed by atoms with Gasteiger partial charge < -0.3 is 14.9 Å². The van der Waals surface area contributed by atoms with Gasteiger partial charge in [0.2, 0.25) is 0 Å². The summed E-state index contributed by atoms with van der Waals surface area (Å²) in [5, 5.41) is 0. The van der Waals surface area contributed by atoms with Crippen LogP contribution in [0.4, 0.5) is 0 Å². The molecule has 0 nitrogen and oxygen atoms in total. The summed E-state index contributed by atoms with van der Waals surface area (Å²) < 4.78 is 0. The van der Waals surface area contributed by atoms with Crippen LogP contribution in [0, 0.1) is 20.9 Å². The predicted octanol–water partition coefficient (Wildman–Crippen LogP) is 4.64. The fraction of sp³-hybridized carbons (Fsp3) is 0.214. The molecular formula is C14H22Ru. The monoisotopic (exact) mass is 292 g/mol. The van der Waals surface area contributed by atoms with Crippen LogP contribution >= 0.6 is 0 Å². The van der Waals surface area contributed by atoms with E-state index in [2.05, 4.69) is 13.0 Å². The molecule has 1 rings (SSSR count). The molecule has 0 N–H and O–H groups in total. The van der Waals surface area contributed by atoms with E-state index in [4.69, 9.17) is 0 Å². The van der Waals surface area contributed by atoms with Gasteiger partial charge in [0.25, 0.3) is 0 Å². The van der Waals surface area contributed by atoms with Crippen molar-refractivity contribution in [3.63, 3.8) is 0 Å². The summed E-state index contributed by atoms with van der Waals surface area (Å²) in [5.74, 6) is 0. The van der Waals surface area contributed by atoms with Crippen LogP contribution in [0.1, 0.15) is 20.3 Å². The van der Waals surface area contributed by atoms with Crippen molar-refractivity contribution in [2.45, 2.75) is 20.3 Å². The quantitative estimate of drug-likeness (QED) is 0.423. The first kappa shape index (κ1) is 23.9. The molecule has 86 valence electrons. The van der Waals surface area contributed by atoms with Crippen molar-refractivity contribution in [2.75, 3.05) is 0 Å². The van der Waals surface area contributed by atoms with Gasteiger partial charge in [-0.2, -0.15) is 24.3 Å². The first-order valence-electron chi connectivity index (χ1n) is 4.26. The fourth-order valence-electron chi connectivity index (χ4n) is 0.603. The van der Waals surface area contributed by atoms with Crippen LogP contribution in [0.5, 0.6) is 0 Å². The second kappa shape index (κ2) is 23.3. The second-order valence-corrected chi connectivity index (χ2v) is 2.21. The minimum Gasteiger partial charge on any atom is -0.358 e. The molecule has 0 heterocycles. The maximum Gasteiger partial charge on any atom is 4.00 e. The molecule has 0 saturated heterocycles. The first-order chi connectivity index (χ1) is 5.91. The van der Waals surface area contributed by atoms with Crippen molar-refractivity contribution in [1.82, 2.24) is 0 Å². The molecule has 0 saturated carbocycles. The second-order valence-electron chi connectivity index (χ2n) is 2.21. The predicted molar refractivity (Wildman–Crippen MR) is 67.8 cm³/mol.